The van der Waals surface area contributed by atoms with Gasteiger partial charge in [0.1, 0.15) is 17.2 Å². The predicted molar refractivity (Wildman–Crippen MR) is 104 cm³/mol. The first-order valence-electron chi connectivity index (χ1n) is 8.66. The summed E-state index contributed by atoms with van der Waals surface area (Å²) < 4.78 is 11.5. The number of carbonyl (C=O) groups is 2. The minimum atomic E-state index is -0.384. The highest BCUT2D eigenvalue weighted by Crippen LogP contribution is 2.39. The molecule has 1 aliphatic rings. The number of hydrogen-bond donors (Lipinski definition) is 0. The van der Waals surface area contributed by atoms with Crippen LogP contribution >= 0.6 is 0 Å². The third-order valence-electron chi connectivity index (χ3n) is 4.90. The van der Waals surface area contributed by atoms with Crippen LogP contribution in [0.4, 0.5) is 11.6 Å². The highest BCUT2D eigenvalue weighted by molar-refractivity contribution is 6.33. The SMILES string of the molecule is CN(C)c1cc2oc3c(c2cn1)C(=O)c1oc2cnc(N(C)C)cc2c1C3=O. The second kappa shape index (κ2) is 5.41. The molecule has 8 heteroatoms. The Bertz CT molecular complexity index is 1310. The Morgan fingerprint density at radius 1 is 0.714 bits per heavy atom. The first-order chi connectivity index (χ1) is 13.4. The molecule has 0 aromatic carbocycles. The molecule has 0 N–H and O–H groups in total. The standard InChI is InChI=1S/C20H16N4O4/c1-23(2)13-5-9-12(8-22-13)28-19-15(9)17(25)20-16(18(19)26)10-7-21-14(24(3)4)6-11(10)27-20/h5-8H,1-4H3. The largest absolute Gasteiger partial charge is 0.452 e. The van der Waals surface area contributed by atoms with E-state index in [4.69, 9.17) is 8.83 Å². The van der Waals surface area contributed by atoms with Crippen LogP contribution in [0.2, 0.25) is 0 Å². The van der Waals surface area contributed by atoms with Crippen LogP contribution in [-0.4, -0.2) is 49.7 Å². The van der Waals surface area contributed by atoms with E-state index in [0.717, 1.165) is 0 Å². The Hall–Kier alpha value is -3.68. The number of aromatic nitrogens is 2. The zero-order valence-electron chi connectivity index (χ0n) is 15.7. The van der Waals surface area contributed by atoms with Crippen LogP contribution in [0.25, 0.3) is 21.9 Å². The lowest BCUT2D eigenvalue weighted by Crippen LogP contribution is -2.18. The summed E-state index contributed by atoms with van der Waals surface area (Å²) in [5.74, 6) is 0.613. The number of ketones is 2. The quantitative estimate of drug-likeness (QED) is 0.464. The maximum absolute atomic E-state index is 13.2. The van der Waals surface area contributed by atoms with E-state index in [0.29, 0.717) is 33.6 Å². The summed E-state index contributed by atoms with van der Waals surface area (Å²) in [5, 5.41) is 1.04. The number of anilines is 2. The fourth-order valence-corrected chi connectivity index (χ4v) is 3.46. The maximum Gasteiger partial charge on any atom is 0.233 e. The number of hydrogen-bond acceptors (Lipinski definition) is 8. The van der Waals surface area contributed by atoms with E-state index < -0.39 is 0 Å². The van der Waals surface area contributed by atoms with E-state index in [2.05, 4.69) is 9.97 Å². The number of pyridine rings is 2. The average molecular weight is 376 g/mol. The highest BCUT2D eigenvalue weighted by Gasteiger charge is 2.40. The molecule has 0 saturated carbocycles. The molecule has 0 saturated heterocycles. The number of carbonyl (C=O) groups excluding carboxylic acids is 2. The summed E-state index contributed by atoms with van der Waals surface area (Å²) in [4.78, 5) is 38.6. The van der Waals surface area contributed by atoms with E-state index in [1.807, 2.05) is 38.0 Å². The van der Waals surface area contributed by atoms with Crippen molar-refractivity contribution in [2.45, 2.75) is 0 Å². The van der Waals surface area contributed by atoms with Crippen molar-refractivity contribution in [3.05, 3.63) is 47.2 Å². The first kappa shape index (κ1) is 16.5. The molecule has 0 spiro atoms. The Morgan fingerprint density at radius 2 is 1.25 bits per heavy atom. The van der Waals surface area contributed by atoms with Gasteiger partial charge in [-0.15, -0.1) is 0 Å². The lowest BCUT2D eigenvalue weighted by molar-refractivity contribution is 0.0947. The Morgan fingerprint density at radius 3 is 1.89 bits per heavy atom. The minimum absolute atomic E-state index is 0.0181. The molecule has 0 aliphatic heterocycles. The second-order valence-electron chi connectivity index (χ2n) is 7.14. The summed E-state index contributed by atoms with van der Waals surface area (Å²) in [7, 11) is 7.40. The molecule has 0 atom stereocenters. The lowest BCUT2D eigenvalue weighted by Gasteiger charge is -2.11. The summed E-state index contributed by atoms with van der Waals surface area (Å²) >= 11 is 0. The fourth-order valence-electron chi connectivity index (χ4n) is 3.46. The Balaban J connectivity index is 1.77. The number of furan rings is 2. The van der Waals surface area contributed by atoms with Gasteiger partial charge in [-0.3, -0.25) is 9.59 Å². The molecular weight excluding hydrogens is 360 g/mol. The predicted octanol–water partition coefficient (Wildman–Crippen LogP) is 2.88. The topological polar surface area (TPSA) is 92.7 Å². The molecule has 4 heterocycles. The molecule has 140 valence electrons. The molecule has 4 aromatic rings. The second-order valence-corrected chi connectivity index (χ2v) is 7.14. The normalized spacial score (nSPS) is 13.1. The maximum atomic E-state index is 13.2. The summed E-state index contributed by atoms with van der Waals surface area (Å²) in [6.07, 6.45) is 3.08. The van der Waals surface area contributed by atoms with Crippen molar-refractivity contribution in [1.29, 1.82) is 0 Å². The molecule has 4 aromatic heterocycles. The number of fused-ring (bicyclic) bond motifs is 6. The molecule has 0 radical (unpaired) electrons. The van der Waals surface area contributed by atoms with Crippen LogP contribution in [0.3, 0.4) is 0 Å². The van der Waals surface area contributed by atoms with E-state index in [1.54, 1.807) is 18.3 Å². The van der Waals surface area contributed by atoms with Gasteiger partial charge in [-0.05, 0) is 6.07 Å². The van der Waals surface area contributed by atoms with E-state index in [-0.39, 0.29) is 34.2 Å². The molecule has 5 rings (SSSR count). The number of nitrogens with zero attached hydrogens (tertiary/aromatic N) is 4. The Labute approximate surface area is 159 Å². The van der Waals surface area contributed by atoms with Crippen LogP contribution in [0.1, 0.15) is 32.2 Å². The van der Waals surface area contributed by atoms with Crippen molar-refractivity contribution in [2.24, 2.45) is 0 Å². The smallest absolute Gasteiger partial charge is 0.233 e. The third-order valence-corrected chi connectivity index (χ3v) is 4.90. The van der Waals surface area contributed by atoms with Crippen molar-refractivity contribution in [1.82, 2.24) is 9.97 Å². The monoisotopic (exact) mass is 376 g/mol. The molecule has 0 bridgehead atoms. The third kappa shape index (κ3) is 2.05. The summed E-state index contributed by atoms with van der Waals surface area (Å²) in [6.45, 7) is 0. The average Bonchev–Trinajstić information content (AvgIpc) is 3.24. The van der Waals surface area contributed by atoms with Gasteiger partial charge >= 0.3 is 0 Å². The van der Waals surface area contributed by atoms with E-state index in [1.165, 1.54) is 6.20 Å². The van der Waals surface area contributed by atoms with Crippen LogP contribution in [0.5, 0.6) is 0 Å². The molecule has 0 amide bonds. The molecule has 0 unspecified atom stereocenters. The first-order valence-corrected chi connectivity index (χ1v) is 8.66. The van der Waals surface area contributed by atoms with Gasteiger partial charge in [-0.1, -0.05) is 0 Å². The molecule has 0 fully saturated rings. The van der Waals surface area contributed by atoms with Gasteiger partial charge in [-0.25, -0.2) is 9.97 Å². The molecule has 28 heavy (non-hydrogen) atoms. The molecular formula is C20H16N4O4. The van der Waals surface area contributed by atoms with Crippen molar-refractivity contribution in [3.63, 3.8) is 0 Å². The van der Waals surface area contributed by atoms with Crippen LogP contribution in [0, 0.1) is 0 Å². The van der Waals surface area contributed by atoms with E-state index >= 15 is 0 Å². The van der Waals surface area contributed by atoms with Crippen LogP contribution in [0.15, 0.2) is 33.4 Å². The van der Waals surface area contributed by atoms with Gasteiger partial charge in [0.2, 0.25) is 11.6 Å². The summed E-state index contributed by atoms with van der Waals surface area (Å²) in [6, 6.07) is 3.45. The van der Waals surface area contributed by atoms with Crippen LogP contribution < -0.4 is 9.80 Å². The fraction of sp³-hybridized carbons (Fsp3) is 0.200. The van der Waals surface area contributed by atoms with E-state index in [9.17, 15) is 9.59 Å². The van der Waals surface area contributed by atoms with Gasteiger partial charge in [0, 0.05) is 45.8 Å². The van der Waals surface area contributed by atoms with Gasteiger partial charge in [0.25, 0.3) is 0 Å². The molecule has 8 nitrogen and oxygen atoms in total. The van der Waals surface area contributed by atoms with Crippen molar-refractivity contribution in [2.75, 3.05) is 38.0 Å². The van der Waals surface area contributed by atoms with Crippen molar-refractivity contribution in [3.8, 4) is 0 Å². The van der Waals surface area contributed by atoms with Crippen LogP contribution in [-0.2, 0) is 0 Å². The molecule has 1 aliphatic carbocycles. The van der Waals surface area contributed by atoms with Gasteiger partial charge in [-0.2, -0.15) is 0 Å². The number of rotatable bonds is 2. The van der Waals surface area contributed by atoms with Gasteiger partial charge < -0.3 is 18.6 Å². The lowest BCUT2D eigenvalue weighted by atomic mass is 9.91. The van der Waals surface area contributed by atoms with Gasteiger partial charge in [0.05, 0.1) is 22.7 Å². The van der Waals surface area contributed by atoms with Gasteiger partial charge in [0.15, 0.2) is 17.1 Å². The summed E-state index contributed by atoms with van der Waals surface area (Å²) in [5.41, 5.74) is 1.25. The minimum Gasteiger partial charge on any atom is -0.452 e. The van der Waals surface area contributed by atoms with Crippen molar-refractivity contribution >= 4 is 45.1 Å². The zero-order chi connectivity index (χ0) is 19.7. The van der Waals surface area contributed by atoms with Crippen molar-refractivity contribution < 1.29 is 18.4 Å². The Kier molecular flexibility index (Phi) is 3.19. The zero-order valence-corrected chi connectivity index (χ0v) is 15.7. The highest BCUT2D eigenvalue weighted by atomic mass is 16.4.